The van der Waals surface area contributed by atoms with Crippen molar-refractivity contribution in [3.8, 4) is 0 Å². The predicted octanol–water partition coefficient (Wildman–Crippen LogP) is 3.73. The molecule has 34 heavy (non-hydrogen) atoms. The lowest BCUT2D eigenvalue weighted by molar-refractivity contribution is -0.127. The van der Waals surface area contributed by atoms with Crippen molar-refractivity contribution in [1.29, 1.82) is 0 Å². The van der Waals surface area contributed by atoms with Crippen LogP contribution >= 0.6 is 0 Å². The van der Waals surface area contributed by atoms with Crippen molar-refractivity contribution < 1.29 is 24.3 Å². The Balaban J connectivity index is 1.36. The van der Waals surface area contributed by atoms with Gasteiger partial charge in [-0.05, 0) is 54.8 Å². The van der Waals surface area contributed by atoms with Crippen LogP contribution in [0.5, 0.6) is 0 Å². The fourth-order valence-electron chi connectivity index (χ4n) is 3.71. The molecule has 1 atom stereocenters. The number of carbonyl (C=O) groups is 4. The highest BCUT2D eigenvalue weighted by molar-refractivity contribution is 6.14. The van der Waals surface area contributed by atoms with E-state index in [0.717, 1.165) is 21.6 Å². The lowest BCUT2D eigenvalue weighted by atomic mass is 9.92. The van der Waals surface area contributed by atoms with Crippen molar-refractivity contribution in [2.75, 3.05) is 11.9 Å². The number of carboxylic acid groups (broad SMARTS) is 1. The number of imide groups is 1. The lowest BCUT2D eigenvalue weighted by Gasteiger charge is -2.14. The zero-order valence-electron chi connectivity index (χ0n) is 18.4. The van der Waals surface area contributed by atoms with Gasteiger partial charge in [-0.3, -0.25) is 9.59 Å². The Morgan fingerprint density at radius 3 is 2.44 bits per heavy atom. The SMILES string of the molecule is Cc1ccc(NC(=O)CN2C(=O)N/C(=C\C3C=CC(c4ccc(C(=O)O)cc4)=CC3)C2=O)cc1. The second kappa shape index (κ2) is 9.58. The van der Waals surface area contributed by atoms with Crippen molar-refractivity contribution in [1.82, 2.24) is 10.2 Å². The number of rotatable bonds is 6. The normalized spacial score (nSPS) is 18.6. The van der Waals surface area contributed by atoms with Crippen molar-refractivity contribution >= 4 is 35.1 Å². The van der Waals surface area contributed by atoms with Crippen LogP contribution in [-0.4, -0.2) is 40.4 Å². The molecule has 0 bridgehead atoms. The number of hydrogen-bond donors (Lipinski definition) is 3. The summed E-state index contributed by atoms with van der Waals surface area (Å²) in [6.45, 7) is 1.55. The lowest BCUT2D eigenvalue weighted by Crippen LogP contribution is -2.38. The summed E-state index contributed by atoms with van der Waals surface area (Å²) >= 11 is 0. The van der Waals surface area contributed by atoms with E-state index in [2.05, 4.69) is 10.6 Å². The molecule has 1 fully saturated rings. The number of nitrogens with zero attached hydrogens (tertiary/aromatic N) is 1. The van der Waals surface area contributed by atoms with Gasteiger partial charge in [-0.1, -0.05) is 48.1 Å². The van der Waals surface area contributed by atoms with Crippen LogP contribution in [0.25, 0.3) is 5.57 Å². The first-order valence-corrected chi connectivity index (χ1v) is 10.7. The molecule has 2 aromatic rings. The van der Waals surface area contributed by atoms with E-state index in [9.17, 15) is 19.2 Å². The minimum atomic E-state index is -0.976. The number of benzene rings is 2. The molecule has 1 heterocycles. The Kier molecular flexibility index (Phi) is 6.40. The highest BCUT2D eigenvalue weighted by Gasteiger charge is 2.35. The molecule has 1 saturated heterocycles. The number of urea groups is 1. The van der Waals surface area contributed by atoms with Crippen LogP contribution in [-0.2, 0) is 9.59 Å². The summed E-state index contributed by atoms with van der Waals surface area (Å²) < 4.78 is 0. The molecule has 3 N–H and O–H groups in total. The number of anilines is 1. The predicted molar refractivity (Wildman–Crippen MR) is 127 cm³/mol. The van der Waals surface area contributed by atoms with E-state index in [0.29, 0.717) is 12.1 Å². The molecule has 1 unspecified atom stereocenters. The number of aryl methyl sites for hydroxylation is 1. The van der Waals surface area contributed by atoms with E-state index >= 15 is 0 Å². The number of hydrogen-bond acceptors (Lipinski definition) is 4. The molecule has 2 aliphatic rings. The molecule has 2 aromatic carbocycles. The Morgan fingerprint density at radius 2 is 1.82 bits per heavy atom. The summed E-state index contributed by atoms with van der Waals surface area (Å²) in [7, 11) is 0. The van der Waals surface area contributed by atoms with Crippen LogP contribution in [0.3, 0.4) is 0 Å². The molecular weight excluding hydrogens is 434 g/mol. The quantitative estimate of drug-likeness (QED) is 0.452. The third-order valence-corrected chi connectivity index (χ3v) is 5.58. The number of allylic oxidation sites excluding steroid dienone is 5. The summed E-state index contributed by atoms with van der Waals surface area (Å²) in [5.74, 6) is -2.09. The van der Waals surface area contributed by atoms with Crippen molar-refractivity contribution in [2.24, 2.45) is 5.92 Å². The summed E-state index contributed by atoms with van der Waals surface area (Å²) in [5.41, 5.74) is 3.85. The molecular formula is C26H23N3O5. The van der Waals surface area contributed by atoms with E-state index in [1.54, 1.807) is 42.5 Å². The van der Waals surface area contributed by atoms with Gasteiger partial charge in [0.25, 0.3) is 5.91 Å². The Labute approximate surface area is 196 Å². The van der Waals surface area contributed by atoms with E-state index < -0.39 is 23.8 Å². The first kappa shape index (κ1) is 22.7. The van der Waals surface area contributed by atoms with E-state index in [4.69, 9.17) is 5.11 Å². The van der Waals surface area contributed by atoms with Gasteiger partial charge in [-0.25, -0.2) is 14.5 Å². The first-order valence-electron chi connectivity index (χ1n) is 10.7. The molecule has 0 saturated carbocycles. The van der Waals surface area contributed by atoms with Crippen molar-refractivity contribution in [3.63, 3.8) is 0 Å². The van der Waals surface area contributed by atoms with Gasteiger partial charge < -0.3 is 15.7 Å². The highest BCUT2D eigenvalue weighted by atomic mass is 16.4. The highest BCUT2D eigenvalue weighted by Crippen LogP contribution is 2.26. The average molecular weight is 457 g/mol. The number of amides is 4. The first-order chi connectivity index (χ1) is 16.3. The smallest absolute Gasteiger partial charge is 0.335 e. The Bertz CT molecular complexity index is 1240. The van der Waals surface area contributed by atoms with Crippen molar-refractivity contribution in [2.45, 2.75) is 13.3 Å². The van der Waals surface area contributed by atoms with Crippen LogP contribution in [0.1, 0.15) is 27.9 Å². The molecule has 4 amide bonds. The maximum Gasteiger partial charge on any atom is 0.335 e. The third kappa shape index (κ3) is 5.12. The van der Waals surface area contributed by atoms with Gasteiger partial charge >= 0.3 is 12.0 Å². The summed E-state index contributed by atoms with van der Waals surface area (Å²) in [4.78, 5) is 49.2. The average Bonchev–Trinajstić information content (AvgIpc) is 3.08. The molecule has 172 valence electrons. The number of carbonyl (C=O) groups excluding carboxylic acids is 3. The van der Waals surface area contributed by atoms with Gasteiger partial charge in [0.1, 0.15) is 12.2 Å². The molecule has 8 heteroatoms. The summed E-state index contributed by atoms with van der Waals surface area (Å²) in [6.07, 6.45) is 8.09. The van der Waals surface area contributed by atoms with Crippen LogP contribution in [0.2, 0.25) is 0 Å². The maximum atomic E-state index is 12.7. The summed E-state index contributed by atoms with van der Waals surface area (Å²) in [5, 5.41) is 14.2. The molecule has 1 aliphatic heterocycles. The zero-order chi connectivity index (χ0) is 24.2. The van der Waals surface area contributed by atoms with Crippen molar-refractivity contribution in [3.05, 3.63) is 95.2 Å². The van der Waals surface area contributed by atoms with E-state index in [1.165, 1.54) is 0 Å². The molecule has 4 rings (SSSR count). The van der Waals surface area contributed by atoms with Crippen LogP contribution in [0.15, 0.2) is 78.5 Å². The molecule has 8 nitrogen and oxygen atoms in total. The standard InChI is InChI=1S/C26H23N3O5/c1-16-2-12-21(13-3-16)27-23(30)15-29-24(31)22(28-26(29)34)14-17-4-6-18(7-5-17)19-8-10-20(11-9-19)25(32)33/h2-4,6-14,17H,5,15H2,1H3,(H,27,30)(H,28,34)(H,32,33)/b22-14-. The molecule has 0 spiro atoms. The fraction of sp³-hybridized carbons (Fsp3) is 0.154. The second-order valence-corrected chi connectivity index (χ2v) is 8.12. The van der Waals surface area contributed by atoms with Crippen LogP contribution in [0.4, 0.5) is 10.5 Å². The number of nitrogens with one attached hydrogen (secondary N) is 2. The topological polar surface area (TPSA) is 116 Å². The second-order valence-electron chi connectivity index (χ2n) is 8.12. The van der Waals surface area contributed by atoms with Gasteiger partial charge in [0.05, 0.1) is 5.56 Å². The Morgan fingerprint density at radius 1 is 1.12 bits per heavy atom. The van der Waals surface area contributed by atoms with Gasteiger partial charge in [0, 0.05) is 11.6 Å². The molecule has 1 aliphatic carbocycles. The van der Waals surface area contributed by atoms with E-state index in [1.807, 2.05) is 37.3 Å². The molecule has 0 radical (unpaired) electrons. The van der Waals surface area contributed by atoms with Crippen LogP contribution in [0, 0.1) is 12.8 Å². The van der Waals surface area contributed by atoms with Crippen LogP contribution < -0.4 is 10.6 Å². The Hall–Kier alpha value is -4.46. The monoisotopic (exact) mass is 457 g/mol. The minimum Gasteiger partial charge on any atom is -0.478 e. The maximum absolute atomic E-state index is 12.7. The third-order valence-electron chi connectivity index (χ3n) is 5.58. The summed E-state index contributed by atoms with van der Waals surface area (Å²) in [6, 6.07) is 13.2. The molecule has 0 aromatic heterocycles. The number of carboxylic acids is 1. The van der Waals surface area contributed by atoms with E-state index in [-0.39, 0.29) is 23.7 Å². The van der Waals surface area contributed by atoms with Gasteiger partial charge in [0.2, 0.25) is 5.91 Å². The minimum absolute atomic E-state index is 0.109. The van der Waals surface area contributed by atoms with Gasteiger partial charge in [-0.15, -0.1) is 0 Å². The number of aromatic carboxylic acids is 1. The van der Waals surface area contributed by atoms with Gasteiger partial charge in [0.15, 0.2) is 0 Å². The zero-order valence-corrected chi connectivity index (χ0v) is 18.4. The fourth-order valence-corrected chi connectivity index (χ4v) is 3.71. The largest absolute Gasteiger partial charge is 0.478 e. The van der Waals surface area contributed by atoms with Gasteiger partial charge in [-0.2, -0.15) is 0 Å².